The highest BCUT2D eigenvalue weighted by atomic mass is 19.1. The van der Waals surface area contributed by atoms with Gasteiger partial charge in [0, 0.05) is 17.9 Å². The lowest BCUT2D eigenvalue weighted by Crippen LogP contribution is -2.23. The van der Waals surface area contributed by atoms with Gasteiger partial charge in [0.2, 0.25) is 0 Å². The van der Waals surface area contributed by atoms with Gasteiger partial charge in [-0.1, -0.05) is 12.1 Å². The fourth-order valence-electron chi connectivity index (χ4n) is 1.84. The molecule has 4 heteroatoms. The van der Waals surface area contributed by atoms with Crippen molar-refractivity contribution < 1.29 is 9.18 Å². The molecule has 0 aliphatic rings. The van der Waals surface area contributed by atoms with Crippen molar-refractivity contribution in [2.45, 2.75) is 20.4 Å². The summed E-state index contributed by atoms with van der Waals surface area (Å²) in [6.45, 7) is 4.16. The Bertz CT molecular complexity index is 558. The van der Waals surface area contributed by atoms with Crippen molar-refractivity contribution in [3.05, 3.63) is 58.7 Å². The Morgan fingerprint density at radius 2 is 1.94 bits per heavy atom. The van der Waals surface area contributed by atoms with E-state index in [9.17, 15) is 9.18 Å². The van der Waals surface area contributed by atoms with Gasteiger partial charge < -0.3 is 10.3 Å². The summed E-state index contributed by atoms with van der Waals surface area (Å²) < 4.78 is 12.7. The number of carbonyl (C=O) groups is 1. The molecule has 0 unspecified atom stereocenters. The fourth-order valence-corrected chi connectivity index (χ4v) is 1.84. The number of rotatable bonds is 3. The summed E-state index contributed by atoms with van der Waals surface area (Å²) in [5.74, 6) is -0.400. The number of nitrogens with one attached hydrogen (secondary N) is 2. The van der Waals surface area contributed by atoms with Crippen LogP contribution in [0, 0.1) is 19.7 Å². The quantitative estimate of drug-likeness (QED) is 0.859. The number of benzene rings is 1. The van der Waals surface area contributed by atoms with E-state index in [0.717, 1.165) is 17.0 Å². The van der Waals surface area contributed by atoms with E-state index in [2.05, 4.69) is 10.3 Å². The molecular weight excluding hydrogens is 231 g/mol. The van der Waals surface area contributed by atoms with Crippen LogP contribution in [-0.4, -0.2) is 10.9 Å². The molecule has 18 heavy (non-hydrogen) atoms. The first-order chi connectivity index (χ1) is 8.56. The van der Waals surface area contributed by atoms with Gasteiger partial charge in [0.05, 0.1) is 5.56 Å². The van der Waals surface area contributed by atoms with Crippen molar-refractivity contribution >= 4 is 5.91 Å². The zero-order valence-corrected chi connectivity index (χ0v) is 10.4. The molecule has 0 saturated heterocycles. The second kappa shape index (κ2) is 5.04. The molecule has 0 radical (unpaired) electrons. The van der Waals surface area contributed by atoms with Crippen LogP contribution in [0.5, 0.6) is 0 Å². The molecule has 1 heterocycles. The minimum atomic E-state index is -0.276. The Balaban J connectivity index is 2.00. The average Bonchev–Trinajstić information content (AvgIpc) is 2.67. The number of aromatic nitrogens is 1. The normalized spacial score (nSPS) is 10.4. The predicted molar refractivity (Wildman–Crippen MR) is 67.8 cm³/mol. The van der Waals surface area contributed by atoms with E-state index in [0.29, 0.717) is 12.1 Å². The SMILES string of the molecule is Cc1cc(C(=O)NCc2ccc(F)cc2)c(C)[nH]1. The fraction of sp³-hybridized carbons (Fsp3) is 0.214. The van der Waals surface area contributed by atoms with Gasteiger partial charge in [-0.2, -0.15) is 0 Å². The molecule has 0 aliphatic carbocycles. The molecule has 0 bridgehead atoms. The third-order valence-corrected chi connectivity index (χ3v) is 2.76. The van der Waals surface area contributed by atoms with E-state index >= 15 is 0 Å². The lowest BCUT2D eigenvalue weighted by atomic mass is 10.2. The highest BCUT2D eigenvalue weighted by Crippen LogP contribution is 2.09. The monoisotopic (exact) mass is 246 g/mol. The molecule has 1 aromatic heterocycles. The average molecular weight is 246 g/mol. The maximum atomic E-state index is 12.7. The summed E-state index contributed by atoms with van der Waals surface area (Å²) in [7, 11) is 0. The van der Waals surface area contributed by atoms with Gasteiger partial charge in [0.25, 0.3) is 5.91 Å². The Hall–Kier alpha value is -2.10. The lowest BCUT2D eigenvalue weighted by molar-refractivity contribution is 0.0950. The first kappa shape index (κ1) is 12.4. The Morgan fingerprint density at radius 1 is 1.28 bits per heavy atom. The minimum Gasteiger partial charge on any atom is -0.362 e. The largest absolute Gasteiger partial charge is 0.362 e. The smallest absolute Gasteiger partial charge is 0.253 e. The first-order valence-electron chi connectivity index (χ1n) is 5.75. The van der Waals surface area contributed by atoms with E-state index in [-0.39, 0.29) is 11.7 Å². The Labute approximate surface area is 105 Å². The van der Waals surface area contributed by atoms with E-state index in [1.807, 2.05) is 19.9 Å². The van der Waals surface area contributed by atoms with E-state index in [1.165, 1.54) is 12.1 Å². The maximum absolute atomic E-state index is 12.7. The van der Waals surface area contributed by atoms with Crippen LogP contribution in [0.1, 0.15) is 27.3 Å². The van der Waals surface area contributed by atoms with E-state index < -0.39 is 0 Å². The number of halogens is 1. The molecule has 2 N–H and O–H groups in total. The van der Waals surface area contributed by atoms with Crippen molar-refractivity contribution in [2.75, 3.05) is 0 Å². The number of amides is 1. The van der Waals surface area contributed by atoms with Crippen molar-refractivity contribution in [1.82, 2.24) is 10.3 Å². The second-order valence-corrected chi connectivity index (χ2v) is 4.30. The third kappa shape index (κ3) is 2.77. The van der Waals surface area contributed by atoms with E-state index in [1.54, 1.807) is 12.1 Å². The molecule has 94 valence electrons. The summed E-state index contributed by atoms with van der Waals surface area (Å²) in [6, 6.07) is 7.89. The van der Waals surface area contributed by atoms with Crippen molar-refractivity contribution in [3.8, 4) is 0 Å². The second-order valence-electron chi connectivity index (χ2n) is 4.30. The van der Waals surface area contributed by atoms with Crippen LogP contribution < -0.4 is 5.32 Å². The van der Waals surface area contributed by atoms with Crippen LogP contribution in [0.2, 0.25) is 0 Å². The molecule has 1 amide bonds. The molecule has 0 fully saturated rings. The lowest BCUT2D eigenvalue weighted by Gasteiger charge is -2.04. The third-order valence-electron chi connectivity index (χ3n) is 2.76. The summed E-state index contributed by atoms with van der Waals surface area (Å²) in [6.07, 6.45) is 0. The summed E-state index contributed by atoms with van der Waals surface area (Å²) in [5.41, 5.74) is 3.33. The van der Waals surface area contributed by atoms with Crippen molar-refractivity contribution in [2.24, 2.45) is 0 Å². The topological polar surface area (TPSA) is 44.9 Å². The van der Waals surface area contributed by atoms with Crippen LogP contribution in [0.15, 0.2) is 30.3 Å². The highest BCUT2D eigenvalue weighted by molar-refractivity contribution is 5.95. The molecule has 0 atom stereocenters. The molecule has 2 aromatic rings. The first-order valence-corrected chi connectivity index (χ1v) is 5.75. The molecule has 3 nitrogen and oxygen atoms in total. The molecule has 1 aromatic carbocycles. The zero-order valence-electron chi connectivity index (χ0n) is 10.4. The Kier molecular flexibility index (Phi) is 3.46. The Morgan fingerprint density at radius 3 is 2.50 bits per heavy atom. The molecule has 0 saturated carbocycles. The number of aryl methyl sites for hydroxylation is 2. The van der Waals surface area contributed by atoms with Gasteiger partial charge in [-0.3, -0.25) is 4.79 Å². The molecular formula is C14H15FN2O. The van der Waals surface area contributed by atoms with Crippen LogP contribution in [-0.2, 0) is 6.54 Å². The van der Waals surface area contributed by atoms with Crippen LogP contribution in [0.3, 0.4) is 0 Å². The van der Waals surface area contributed by atoms with Gasteiger partial charge in [0.15, 0.2) is 0 Å². The van der Waals surface area contributed by atoms with Crippen LogP contribution in [0.4, 0.5) is 4.39 Å². The maximum Gasteiger partial charge on any atom is 0.253 e. The molecule has 0 aliphatic heterocycles. The molecule has 2 rings (SSSR count). The van der Waals surface area contributed by atoms with Crippen molar-refractivity contribution in [3.63, 3.8) is 0 Å². The standard InChI is InChI=1S/C14H15FN2O/c1-9-7-13(10(2)17-9)14(18)16-8-11-3-5-12(15)6-4-11/h3-7,17H,8H2,1-2H3,(H,16,18). The number of hydrogen-bond donors (Lipinski definition) is 2. The van der Waals surface area contributed by atoms with Gasteiger partial charge >= 0.3 is 0 Å². The van der Waals surface area contributed by atoms with Gasteiger partial charge in [-0.05, 0) is 37.6 Å². The highest BCUT2D eigenvalue weighted by Gasteiger charge is 2.10. The zero-order chi connectivity index (χ0) is 13.1. The minimum absolute atomic E-state index is 0.124. The van der Waals surface area contributed by atoms with Crippen molar-refractivity contribution in [1.29, 1.82) is 0 Å². The van der Waals surface area contributed by atoms with Crippen LogP contribution >= 0.6 is 0 Å². The molecule has 0 spiro atoms. The van der Waals surface area contributed by atoms with Gasteiger partial charge in [-0.25, -0.2) is 4.39 Å². The van der Waals surface area contributed by atoms with E-state index in [4.69, 9.17) is 0 Å². The number of carbonyl (C=O) groups excluding carboxylic acids is 1. The number of hydrogen-bond acceptors (Lipinski definition) is 1. The van der Waals surface area contributed by atoms with Crippen LogP contribution in [0.25, 0.3) is 0 Å². The van der Waals surface area contributed by atoms with Gasteiger partial charge in [0.1, 0.15) is 5.82 Å². The predicted octanol–water partition coefficient (Wildman–Crippen LogP) is 2.70. The summed E-state index contributed by atoms with van der Waals surface area (Å²) >= 11 is 0. The number of H-pyrrole nitrogens is 1. The summed E-state index contributed by atoms with van der Waals surface area (Å²) in [4.78, 5) is 15.0. The number of aromatic amines is 1. The van der Waals surface area contributed by atoms with Gasteiger partial charge in [-0.15, -0.1) is 0 Å². The summed E-state index contributed by atoms with van der Waals surface area (Å²) in [5, 5.41) is 2.81.